The zero-order chi connectivity index (χ0) is 45.2. The Hall–Kier alpha value is -1.53. The number of rotatable bonds is 15. The molecule has 10 saturated heterocycles. The third-order valence-corrected chi connectivity index (χ3v) is 13.1. The molecule has 0 aromatic rings. The predicted molar refractivity (Wildman–Crippen MR) is 189 cm³/mol. The fourth-order valence-electron chi connectivity index (χ4n) is 9.38. The maximum absolute atomic E-state index is 13.0. The van der Waals surface area contributed by atoms with E-state index in [0.717, 1.165) is 0 Å². The number of aliphatic carboxylic acids is 1. The fraction of sp³-hybridized carbons (Fsp3) is 0.973. The number of carboxylic acids is 1. The molecule has 10 heterocycles. The zero-order valence-corrected chi connectivity index (χ0v) is 34.2. The number of fused-ring (bicyclic) bond motifs is 4. The van der Waals surface area contributed by atoms with Gasteiger partial charge in [0, 0.05) is 12.5 Å². The van der Waals surface area contributed by atoms with Crippen LogP contribution in [0.2, 0.25) is 0 Å². The molecule has 0 aliphatic carbocycles. The summed E-state index contributed by atoms with van der Waals surface area (Å²) < 4.78 is 92.3. The van der Waals surface area contributed by atoms with Gasteiger partial charge in [-0.05, 0) is 12.8 Å². The van der Waals surface area contributed by atoms with Gasteiger partial charge in [-0.15, -0.1) is 0 Å². The Morgan fingerprint density at radius 3 is 1.39 bits per heavy atom. The van der Waals surface area contributed by atoms with Gasteiger partial charge in [0.25, 0.3) is 0 Å². The maximum Gasteiger partial charge on any atom is 0.335 e. The SMILES string of the molecule is CCO[C@@H]1OC2O[C@H]2C(O)C1O[C@@H]1OC2O[C@@H]2C(O)C1O[C@@H]1OC2O[C@@H]2C(O)C1O[C@H]1OC(C(=O)O)[C@H](O[C@@H]2OC3O[C@H]3C(O)C2O)C(O[C@@H]2OC(CO)[C@H](O)C(C(C)C)C2O)C1O. The second-order valence-electron chi connectivity index (χ2n) is 17.6. The van der Waals surface area contributed by atoms with E-state index in [1.165, 1.54) is 0 Å². The minimum absolute atomic E-state index is 0.163. The molecule has 0 bridgehead atoms. The second-order valence-corrected chi connectivity index (χ2v) is 17.6. The summed E-state index contributed by atoms with van der Waals surface area (Å²) in [6.45, 7) is 4.49. The number of ether oxygens (including phenoxy) is 16. The topological polar surface area (TPSA) is 380 Å². The van der Waals surface area contributed by atoms with Crippen molar-refractivity contribution in [1.82, 2.24) is 0 Å². The Morgan fingerprint density at radius 1 is 0.469 bits per heavy atom. The number of hydrogen-bond acceptors (Lipinski definition) is 26. The molecular weight excluding hydrogens is 876 g/mol. The van der Waals surface area contributed by atoms with Crippen molar-refractivity contribution in [3.05, 3.63) is 0 Å². The van der Waals surface area contributed by atoms with Crippen molar-refractivity contribution in [3.63, 3.8) is 0 Å². The number of carboxylic acid groups (broad SMARTS) is 1. The Bertz CT molecular complexity index is 1660. The van der Waals surface area contributed by atoms with Crippen LogP contribution in [0.15, 0.2) is 0 Å². The maximum atomic E-state index is 13.0. The highest BCUT2D eigenvalue weighted by Crippen LogP contribution is 2.46. The molecule has 27 nitrogen and oxygen atoms in total. The van der Waals surface area contributed by atoms with Crippen molar-refractivity contribution >= 4 is 5.97 Å². The minimum atomic E-state index is -2.18. The Morgan fingerprint density at radius 2 is 0.891 bits per heavy atom. The molecule has 0 spiro atoms. The highest BCUT2D eigenvalue weighted by molar-refractivity contribution is 5.73. The van der Waals surface area contributed by atoms with Gasteiger partial charge in [0.1, 0.15) is 104 Å². The molecular formula is C37H54O27. The quantitative estimate of drug-likeness (QED) is 0.0682. The van der Waals surface area contributed by atoms with Crippen LogP contribution >= 0.6 is 0 Å². The lowest BCUT2D eigenvalue weighted by atomic mass is 9.80. The average Bonchev–Trinajstić information content (AvgIpc) is 4.04. The molecule has 0 amide bonds. The average molecular weight is 931 g/mol. The first-order valence-corrected chi connectivity index (χ1v) is 21.3. The molecule has 364 valence electrons. The molecule has 10 aliphatic rings. The van der Waals surface area contributed by atoms with Gasteiger partial charge in [0.2, 0.25) is 0 Å². The molecule has 0 aromatic heterocycles. The van der Waals surface area contributed by atoms with Crippen LogP contribution in [0.3, 0.4) is 0 Å². The summed E-state index contributed by atoms with van der Waals surface area (Å²) in [5, 5.41) is 110. The number of aliphatic hydroxyl groups excluding tert-OH is 9. The molecule has 30 atom stereocenters. The van der Waals surface area contributed by atoms with E-state index < -0.39 is 203 Å². The molecule has 18 unspecified atom stereocenters. The lowest BCUT2D eigenvalue weighted by Crippen LogP contribution is -2.67. The van der Waals surface area contributed by atoms with Crippen LogP contribution in [0.5, 0.6) is 0 Å². The van der Waals surface area contributed by atoms with E-state index in [9.17, 15) is 55.9 Å². The lowest BCUT2D eigenvalue weighted by molar-refractivity contribution is -0.394. The van der Waals surface area contributed by atoms with E-state index >= 15 is 0 Å². The first kappa shape index (κ1) is 46.2. The number of hydrogen-bond donors (Lipinski definition) is 10. The second kappa shape index (κ2) is 17.8. The molecule has 10 aliphatic heterocycles. The van der Waals surface area contributed by atoms with E-state index in [1.54, 1.807) is 20.8 Å². The van der Waals surface area contributed by atoms with Crippen molar-refractivity contribution in [1.29, 1.82) is 0 Å². The Balaban J connectivity index is 0.920. The van der Waals surface area contributed by atoms with E-state index in [2.05, 4.69) is 0 Å². The van der Waals surface area contributed by atoms with E-state index in [1.807, 2.05) is 0 Å². The van der Waals surface area contributed by atoms with Crippen molar-refractivity contribution in [2.24, 2.45) is 11.8 Å². The third-order valence-electron chi connectivity index (χ3n) is 13.1. The van der Waals surface area contributed by atoms with Crippen LogP contribution in [-0.2, 0) is 80.6 Å². The molecule has 27 heteroatoms. The first-order chi connectivity index (χ1) is 30.6. The van der Waals surface area contributed by atoms with E-state index in [0.29, 0.717) is 0 Å². The van der Waals surface area contributed by atoms with Crippen LogP contribution in [0.4, 0.5) is 0 Å². The van der Waals surface area contributed by atoms with Crippen LogP contribution < -0.4 is 0 Å². The molecule has 10 rings (SSSR count). The number of carbonyl (C=O) groups is 1. The smallest absolute Gasteiger partial charge is 0.335 e. The van der Waals surface area contributed by atoms with Crippen LogP contribution in [0.25, 0.3) is 0 Å². The summed E-state index contributed by atoms with van der Waals surface area (Å²) in [5.41, 5.74) is 0. The van der Waals surface area contributed by atoms with Crippen molar-refractivity contribution in [2.45, 2.75) is 200 Å². The molecule has 0 saturated carbocycles. The summed E-state index contributed by atoms with van der Waals surface area (Å²) in [6.07, 6.45) is -42.1. The largest absolute Gasteiger partial charge is 0.479 e. The monoisotopic (exact) mass is 930 g/mol. The Kier molecular flexibility index (Phi) is 12.8. The van der Waals surface area contributed by atoms with Gasteiger partial charge >= 0.3 is 5.97 Å². The van der Waals surface area contributed by atoms with Gasteiger partial charge in [-0.25, -0.2) is 4.79 Å². The summed E-state index contributed by atoms with van der Waals surface area (Å²) in [5.74, 6) is -3.14. The summed E-state index contributed by atoms with van der Waals surface area (Å²) in [4.78, 5) is 13.0. The minimum Gasteiger partial charge on any atom is -0.479 e. The Labute approximate surface area is 362 Å². The molecule has 10 N–H and O–H groups in total. The zero-order valence-electron chi connectivity index (χ0n) is 34.2. The first-order valence-electron chi connectivity index (χ1n) is 21.3. The predicted octanol–water partition coefficient (Wildman–Crippen LogP) is -7.04. The standard InChI is InChI=1S/C37H54O27/c1-4-49-31-19(13(43)21-33(55-21)62-31)54-35-23(15(45)24-37(58-24)64-35)56-34-20(14(44)22-36(57-22)63-34)52-30-16(46)17(51-28-10(40)8(6(2)3)9(39)7(5-38)50-28)25(26(60-30)27(47)48)59-29-12(42)11(41)18-32(53-18)61-29/h6-26,28-46H,4-5H2,1-3H3,(H,47,48)/t7?,8?,9-,10?,11?,12?,13?,14?,15?,16?,17?,18-,19?,20?,21-,22+,23?,24+,25+,26?,28-,29+,30-,31+,32?,33?,34+,35+,36?,37?/m0/s1. The van der Waals surface area contributed by atoms with Gasteiger partial charge in [-0.2, -0.15) is 0 Å². The molecule has 0 radical (unpaired) electrons. The third kappa shape index (κ3) is 8.41. The molecule has 10 fully saturated rings. The van der Waals surface area contributed by atoms with E-state index in [4.69, 9.17) is 75.8 Å². The van der Waals surface area contributed by atoms with E-state index in [-0.39, 0.29) is 6.61 Å². The van der Waals surface area contributed by atoms with Gasteiger partial charge in [0.15, 0.2) is 69.0 Å². The summed E-state index contributed by atoms with van der Waals surface area (Å²) in [7, 11) is 0. The van der Waals surface area contributed by atoms with Crippen LogP contribution in [0, 0.1) is 11.8 Å². The summed E-state index contributed by atoms with van der Waals surface area (Å²) in [6, 6.07) is 0. The normalized spacial score (nSPS) is 57.2. The van der Waals surface area contributed by atoms with Crippen LogP contribution in [0.1, 0.15) is 20.8 Å². The van der Waals surface area contributed by atoms with Gasteiger partial charge < -0.3 is 127 Å². The lowest BCUT2D eigenvalue weighted by Gasteiger charge is -2.49. The highest BCUT2D eigenvalue weighted by atomic mass is 16.9. The molecule has 64 heavy (non-hydrogen) atoms. The van der Waals surface area contributed by atoms with Crippen molar-refractivity contribution in [3.8, 4) is 0 Å². The van der Waals surface area contributed by atoms with Gasteiger partial charge in [-0.3, -0.25) is 0 Å². The van der Waals surface area contributed by atoms with Crippen molar-refractivity contribution < 1.29 is 132 Å². The van der Waals surface area contributed by atoms with Gasteiger partial charge in [-0.1, -0.05) is 13.8 Å². The van der Waals surface area contributed by atoms with Gasteiger partial charge in [0.05, 0.1) is 12.7 Å². The highest BCUT2D eigenvalue weighted by Gasteiger charge is 2.66. The fourth-order valence-corrected chi connectivity index (χ4v) is 9.38. The van der Waals surface area contributed by atoms with Crippen molar-refractivity contribution in [2.75, 3.05) is 13.2 Å². The van der Waals surface area contributed by atoms with Crippen LogP contribution in [-0.4, -0.2) is 249 Å². The number of epoxide rings is 4. The summed E-state index contributed by atoms with van der Waals surface area (Å²) >= 11 is 0. The number of aliphatic hydroxyl groups is 9. The molecule has 0 aromatic carbocycles.